The standard InChI is InChI=1S/C19H27NO8.C5H8O2.2C2H4.CH2O/c1-21-8-10-23-14-19(15-24-11-13-27-28-26-12-9-22-2)16-25-18(20-19)17-6-4-3-5-7-17;6-4-2-1-3-5-7;3*1-2/h3-7,11,13H,8-10,12,14-16H2,1-2H3;4-5H,1-3H2;2*1-2H2;1H2/b13-11+;;;;. The maximum absolute atomic E-state index is 9.56. The van der Waals surface area contributed by atoms with Crippen LogP contribution in [0.2, 0.25) is 0 Å². The van der Waals surface area contributed by atoms with Crippen LogP contribution in [0.5, 0.6) is 0 Å². The highest BCUT2D eigenvalue weighted by Crippen LogP contribution is 2.23. The van der Waals surface area contributed by atoms with Crippen molar-refractivity contribution in [2.75, 3.05) is 60.5 Å². The number of carbonyl (C=O) groups is 3. The molecule has 0 bridgehead atoms. The molecule has 1 heterocycles. The number of ether oxygens (including phenoxy) is 5. The van der Waals surface area contributed by atoms with Crippen molar-refractivity contribution in [1.29, 1.82) is 0 Å². The molecule has 1 aromatic carbocycles. The molecule has 0 amide bonds. The summed E-state index contributed by atoms with van der Waals surface area (Å²) >= 11 is 0. The third-order valence-corrected chi connectivity index (χ3v) is 4.30. The molecule has 12 nitrogen and oxygen atoms in total. The summed E-state index contributed by atoms with van der Waals surface area (Å²) in [4.78, 5) is 41.2. The quantitative estimate of drug-likeness (QED) is 0.0586. The summed E-state index contributed by atoms with van der Waals surface area (Å²) in [5.74, 6) is 0.564. The van der Waals surface area contributed by atoms with Crippen molar-refractivity contribution >= 4 is 25.3 Å². The minimum atomic E-state index is -0.668. The number of benzene rings is 1. The Morgan fingerprint density at radius 3 is 2.07 bits per heavy atom. The predicted molar refractivity (Wildman–Crippen MR) is 155 cm³/mol. The van der Waals surface area contributed by atoms with Crippen LogP contribution in [0.1, 0.15) is 24.8 Å². The van der Waals surface area contributed by atoms with E-state index in [0.29, 0.717) is 58.2 Å². The molecule has 0 fully saturated rings. The first-order valence-electron chi connectivity index (χ1n) is 12.4. The van der Waals surface area contributed by atoms with Crippen LogP contribution in [-0.4, -0.2) is 91.3 Å². The van der Waals surface area contributed by atoms with Crippen LogP contribution < -0.4 is 0 Å². The summed E-state index contributed by atoms with van der Waals surface area (Å²) in [6, 6.07) is 9.69. The number of aldehydes is 2. The Kier molecular flexibility index (Phi) is 35.0. The zero-order valence-electron chi connectivity index (χ0n) is 24.2. The lowest BCUT2D eigenvalue weighted by Gasteiger charge is -2.22. The van der Waals surface area contributed by atoms with Crippen LogP contribution >= 0.6 is 0 Å². The van der Waals surface area contributed by atoms with Crippen LogP contribution in [0, 0.1) is 0 Å². The lowest BCUT2D eigenvalue weighted by molar-refractivity contribution is -0.491. The van der Waals surface area contributed by atoms with Gasteiger partial charge in [0.15, 0.2) is 11.8 Å². The van der Waals surface area contributed by atoms with E-state index >= 15 is 0 Å². The highest BCUT2D eigenvalue weighted by molar-refractivity contribution is 5.95. The van der Waals surface area contributed by atoms with E-state index in [4.69, 9.17) is 33.5 Å². The van der Waals surface area contributed by atoms with Gasteiger partial charge in [-0.3, -0.25) is 0 Å². The zero-order valence-corrected chi connectivity index (χ0v) is 24.2. The van der Waals surface area contributed by atoms with Crippen molar-refractivity contribution < 1.29 is 52.9 Å². The van der Waals surface area contributed by atoms with Gasteiger partial charge < -0.3 is 43.0 Å². The summed E-state index contributed by atoms with van der Waals surface area (Å²) in [5.41, 5.74) is 0.237. The highest BCUT2D eigenvalue weighted by atomic mass is 17.5. The fourth-order valence-electron chi connectivity index (χ4n) is 2.56. The van der Waals surface area contributed by atoms with E-state index in [0.717, 1.165) is 18.1 Å². The molecule has 0 saturated heterocycles. The first kappa shape index (κ1) is 41.8. The van der Waals surface area contributed by atoms with Crippen molar-refractivity contribution in [3.05, 3.63) is 74.7 Å². The molecular weight excluding hydrogens is 538 g/mol. The molecule has 1 atom stereocenters. The van der Waals surface area contributed by atoms with Gasteiger partial charge in [0.25, 0.3) is 0 Å². The Balaban J connectivity index is -0.000000944. The summed E-state index contributed by atoms with van der Waals surface area (Å²) in [5, 5.41) is 4.46. The molecule has 0 N–H and O–H groups in total. The van der Waals surface area contributed by atoms with Gasteiger partial charge in [-0.15, -0.1) is 26.3 Å². The van der Waals surface area contributed by atoms with Gasteiger partial charge in [-0.25, -0.2) is 4.99 Å². The molecule has 1 unspecified atom stereocenters. The molecule has 12 heteroatoms. The number of carbonyl (C=O) groups excluding carboxylic acids is 3. The van der Waals surface area contributed by atoms with Crippen LogP contribution in [0.3, 0.4) is 0 Å². The normalized spacial score (nSPS) is 14.5. The second-order valence-electron chi connectivity index (χ2n) is 7.17. The number of nitrogens with zero attached hydrogens (tertiary/aromatic N) is 1. The lowest BCUT2D eigenvalue weighted by atomic mass is 10.1. The Labute approximate surface area is 243 Å². The van der Waals surface area contributed by atoms with E-state index in [1.54, 1.807) is 14.2 Å². The van der Waals surface area contributed by atoms with Gasteiger partial charge >= 0.3 is 0 Å². The van der Waals surface area contributed by atoms with Crippen molar-refractivity contribution in [2.24, 2.45) is 4.99 Å². The molecule has 2 rings (SSSR count). The third-order valence-electron chi connectivity index (χ3n) is 4.30. The molecule has 232 valence electrons. The highest BCUT2D eigenvalue weighted by Gasteiger charge is 2.38. The number of unbranched alkanes of at least 4 members (excludes halogenated alkanes) is 2. The van der Waals surface area contributed by atoms with E-state index < -0.39 is 5.54 Å². The van der Waals surface area contributed by atoms with Crippen LogP contribution in [0.4, 0.5) is 0 Å². The Bertz CT molecular complexity index is 765. The second kappa shape index (κ2) is 34.3. The fourth-order valence-corrected chi connectivity index (χ4v) is 2.56. The summed E-state index contributed by atoms with van der Waals surface area (Å²) in [6.45, 7) is 16.5. The van der Waals surface area contributed by atoms with E-state index in [-0.39, 0.29) is 13.2 Å². The lowest BCUT2D eigenvalue weighted by Crippen LogP contribution is -2.39. The van der Waals surface area contributed by atoms with Crippen LogP contribution in [0.15, 0.2) is 74.2 Å². The number of methoxy groups -OCH3 is 2. The Morgan fingerprint density at radius 2 is 1.49 bits per heavy atom. The maximum atomic E-state index is 9.56. The predicted octanol–water partition coefficient (Wildman–Crippen LogP) is 3.85. The van der Waals surface area contributed by atoms with E-state index in [2.05, 4.69) is 41.1 Å². The largest absolute Gasteiger partial charge is 0.495 e. The third kappa shape index (κ3) is 23.9. The van der Waals surface area contributed by atoms with E-state index in [9.17, 15) is 9.59 Å². The monoisotopic (exact) mass is 583 g/mol. The molecule has 0 aromatic heterocycles. The first-order valence-corrected chi connectivity index (χ1v) is 12.4. The van der Waals surface area contributed by atoms with Crippen LogP contribution in [-0.2, 0) is 52.9 Å². The molecule has 0 aliphatic carbocycles. The molecule has 0 spiro atoms. The second-order valence-corrected chi connectivity index (χ2v) is 7.17. The molecule has 0 radical (unpaired) electrons. The zero-order chi connectivity index (χ0) is 31.5. The molecule has 1 aliphatic rings. The first-order chi connectivity index (χ1) is 20.2. The Hall–Kier alpha value is -3.68. The minimum absolute atomic E-state index is 0.237. The fraction of sp³-hybridized carbons (Fsp3) is 0.448. The van der Waals surface area contributed by atoms with E-state index in [1.165, 1.54) is 12.5 Å². The van der Waals surface area contributed by atoms with Crippen LogP contribution in [0.25, 0.3) is 0 Å². The molecule has 1 aliphatic heterocycles. The van der Waals surface area contributed by atoms with Crippen molar-refractivity contribution in [1.82, 2.24) is 0 Å². The van der Waals surface area contributed by atoms with Crippen molar-refractivity contribution in [3.63, 3.8) is 0 Å². The van der Waals surface area contributed by atoms with Gasteiger partial charge in [0.05, 0.1) is 26.4 Å². The summed E-state index contributed by atoms with van der Waals surface area (Å²) < 4.78 is 26.8. The number of aliphatic imine (C=N–C) groups is 1. The average molecular weight is 584 g/mol. The van der Waals surface area contributed by atoms with Gasteiger partial charge in [0.1, 0.15) is 45.4 Å². The van der Waals surface area contributed by atoms with Gasteiger partial charge in [0.2, 0.25) is 5.90 Å². The molecular formula is C29H45NO11. The number of rotatable bonds is 19. The minimum Gasteiger partial charge on any atom is -0.495 e. The van der Waals surface area contributed by atoms with Gasteiger partial charge in [-0.1, -0.05) is 18.2 Å². The topological polar surface area (TPSA) is 137 Å². The maximum Gasteiger partial charge on any atom is 0.217 e. The SMILES string of the molecule is C=C.C=C.C=O.COCCOCC1(CO/C=C/OOOCCOC)COC(c2ccccc2)=N1.O=CCCCC=O. The molecule has 0 saturated carbocycles. The number of hydrogen-bond acceptors (Lipinski definition) is 12. The van der Waals surface area contributed by atoms with Gasteiger partial charge in [-0.05, 0) is 23.6 Å². The number of hydrogen-bond donors (Lipinski definition) is 0. The van der Waals surface area contributed by atoms with Crippen molar-refractivity contribution in [3.8, 4) is 0 Å². The smallest absolute Gasteiger partial charge is 0.217 e. The van der Waals surface area contributed by atoms with Crippen molar-refractivity contribution in [2.45, 2.75) is 24.8 Å². The summed E-state index contributed by atoms with van der Waals surface area (Å²) in [6.07, 6.45) is 5.92. The van der Waals surface area contributed by atoms with E-state index in [1.807, 2.05) is 37.1 Å². The summed E-state index contributed by atoms with van der Waals surface area (Å²) in [7, 11) is 3.18. The molecule has 41 heavy (non-hydrogen) atoms. The average Bonchev–Trinajstić information content (AvgIpc) is 3.47. The van der Waals surface area contributed by atoms with Gasteiger partial charge in [-0.2, -0.15) is 4.89 Å². The Morgan fingerprint density at radius 1 is 0.878 bits per heavy atom. The van der Waals surface area contributed by atoms with Gasteiger partial charge in [0, 0.05) is 32.6 Å². The molecule has 1 aromatic rings.